The van der Waals surface area contributed by atoms with Crippen molar-refractivity contribution in [1.82, 2.24) is 19.9 Å². The molecule has 4 aromatic rings. The zero-order valence-corrected chi connectivity index (χ0v) is 14.0. The van der Waals surface area contributed by atoms with Gasteiger partial charge in [-0.15, -0.1) is 0 Å². The first-order chi connectivity index (χ1) is 12.8. The van der Waals surface area contributed by atoms with E-state index in [9.17, 15) is 0 Å². The molecule has 4 rings (SSSR count). The largest absolute Gasteiger partial charge is 0.373 e. The van der Waals surface area contributed by atoms with Crippen LogP contribution in [0.5, 0.6) is 0 Å². The number of aromatic nitrogens is 4. The number of rotatable bonds is 3. The number of nitrogens with zero attached hydrogens (tertiary/aromatic N) is 5. The standard InChI is InChI=1S/C20H14N6/c1-22-19-16-6-5-15(14-4-2-3-13(9-14)11-21)10-17(16)25-20(26-19)18-12-23-7-8-24-18/h2-10,12H,1H3,(H,22,25,26). The summed E-state index contributed by atoms with van der Waals surface area (Å²) in [6, 6.07) is 15.7. The molecule has 0 radical (unpaired) electrons. The van der Waals surface area contributed by atoms with Gasteiger partial charge in [-0.1, -0.05) is 18.2 Å². The summed E-state index contributed by atoms with van der Waals surface area (Å²) in [4.78, 5) is 17.6. The van der Waals surface area contributed by atoms with E-state index in [-0.39, 0.29) is 0 Å². The molecule has 0 spiro atoms. The number of benzene rings is 2. The average Bonchev–Trinajstić information content (AvgIpc) is 2.73. The van der Waals surface area contributed by atoms with E-state index in [0.717, 1.165) is 27.8 Å². The fourth-order valence-electron chi connectivity index (χ4n) is 2.80. The van der Waals surface area contributed by atoms with Crippen LogP contribution in [0.1, 0.15) is 5.56 Å². The van der Waals surface area contributed by atoms with Gasteiger partial charge in [0.05, 0.1) is 23.3 Å². The molecule has 0 aliphatic rings. The number of nitrogens with one attached hydrogen (secondary N) is 1. The fourth-order valence-corrected chi connectivity index (χ4v) is 2.80. The van der Waals surface area contributed by atoms with Crippen LogP contribution in [0.15, 0.2) is 61.1 Å². The van der Waals surface area contributed by atoms with Gasteiger partial charge in [0.1, 0.15) is 11.5 Å². The molecule has 0 fully saturated rings. The summed E-state index contributed by atoms with van der Waals surface area (Å²) in [5, 5.41) is 13.2. The molecule has 1 N–H and O–H groups in total. The number of hydrogen-bond acceptors (Lipinski definition) is 6. The minimum Gasteiger partial charge on any atom is -0.373 e. The predicted octanol–water partition coefficient (Wildman–Crippen LogP) is 3.67. The second-order valence-corrected chi connectivity index (χ2v) is 5.66. The highest BCUT2D eigenvalue weighted by Gasteiger charge is 2.11. The van der Waals surface area contributed by atoms with Crippen molar-refractivity contribution in [3.8, 4) is 28.7 Å². The normalized spacial score (nSPS) is 10.5. The molecule has 26 heavy (non-hydrogen) atoms. The topological polar surface area (TPSA) is 87.4 Å². The summed E-state index contributed by atoms with van der Waals surface area (Å²) < 4.78 is 0. The van der Waals surface area contributed by atoms with Crippen molar-refractivity contribution in [2.75, 3.05) is 12.4 Å². The zero-order chi connectivity index (χ0) is 17.9. The van der Waals surface area contributed by atoms with Gasteiger partial charge in [-0.3, -0.25) is 4.98 Å². The summed E-state index contributed by atoms with van der Waals surface area (Å²) in [5.74, 6) is 1.24. The highest BCUT2D eigenvalue weighted by atomic mass is 15.0. The molecule has 6 nitrogen and oxygen atoms in total. The lowest BCUT2D eigenvalue weighted by Crippen LogP contribution is -2.00. The molecule has 0 aliphatic heterocycles. The Kier molecular flexibility index (Phi) is 3.96. The SMILES string of the molecule is CNc1nc(-c2cnccn2)nc2cc(-c3cccc(C#N)c3)ccc12. The monoisotopic (exact) mass is 338 g/mol. The van der Waals surface area contributed by atoms with Crippen LogP contribution >= 0.6 is 0 Å². The van der Waals surface area contributed by atoms with Gasteiger partial charge in [0, 0.05) is 24.8 Å². The van der Waals surface area contributed by atoms with Crippen molar-refractivity contribution in [2.24, 2.45) is 0 Å². The van der Waals surface area contributed by atoms with E-state index in [1.165, 1.54) is 0 Å². The van der Waals surface area contributed by atoms with Crippen molar-refractivity contribution in [1.29, 1.82) is 5.26 Å². The van der Waals surface area contributed by atoms with Crippen LogP contribution in [0, 0.1) is 11.3 Å². The Morgan fingerprint density at radius 3 is 2.65 bits per heavy atom. The van der Waals surface area contributed by atoms with Crippen LogP contribution in [0.4, 0.5) is 5.82 Å². The van der Waals surface area contributed by atoms with Crippen LogP contribution < -0.4 is 5.32 Å². The molecule has 0 saturated carbocycles. The van der Waals surface area contributed by atoms with Gasteiger partial charge in [-0.25, -0.2) is 15.0 Å². The van der Waals surface area contributed by atoms with Crippen LogP contribution in [-0.2, 0) is 0 Å². The Balaban J connectivity index is 1.90. The predicted molar refractivity (Wildman–Crippen MR) is 100 cm³/mol. The molecule has 0 atom stereocenters. The van der Waals surface area contributed by atoms with E-state index in [1.54, 1.807) is 24.7 Å². The van der Waals surface area contributed by atoms with E-state index in [2.05, 4.69) is 31.3 Å². The zero-order valence-electron chi connectivity index (χ0n) is 14.0. The van der Waals surface area contributed by atoms with E-state index >= 15 is 0 Å². The Labute approximate surface area is 150 Å². The first kappa shape index (κ1) is 15.7. The Hall–Kier alpha value is -3.85. The fraction of sp³-hybridized carbons (Fsp3) is 0.0500. The number of anilines is 1. The maximum atomic E-state index is 9.12. The van der Waals surface area contributed by atoms with E-state index in [4.69, 9.17) is 5.26 Å². The highest BCUT2D eigenvalue weighted by molar-refractivity contribution is 5.93. The minimum atomic E-state index is 0.512. The molecule has 0 amide bonds. The highest BCUT2D eigenvalue weighted by Crippen LogP contribution is 2.28. The lowest BCUT2D eigenvalue weighted by atomic mass is 10.0. The quantitative estimate of drug-likeness (QED) is 0.613. The third kappa shape index (κ3) is 2.82. The number of hydrogen-bond donors (Lipinski definition) is 1. The van der Waals surface area contributed by atoms with Gasteiger partial charge >= 0.3 is 0 Å². The molecule has 6 heteroatoms. The Bertz CT molecular complexity index is 1130. The van der Waals surface area contributed by atoms with Crippen LogP contribution in [0.2, 0.25) is 0 Å². The van der Waals surface area contributed by atoms with Crippen molar-refractivity contribution < 1.29 is 0 Å². The van der Waals surface area contributed by atoms with Gasteiger partial charge in [-0.05, 0) is 35.4 Å². The van der Waals surface area contributed by atoms with Gasteiger partial charge in [0.2, 0.25) is 0 Å². The average molecular weight is 338 g/mol. The number of nitriles is 1. The van der Waals surface area contributed by atoms with Gasteiger partial charge in [-0.2, -0.15) is 5.26 Å². The second kappa shape index (κ2) is 6.57. The van der Waals surface area contributed by atoms with Gasteiger partial charge in [0.25, 0.3) is 0 Å². The Morgan fingerprint density at radius 2 is 1.88 bits per heavy atom. The van der Waals surface area contributed by atoms with Gasteiger partial charge < -0.3 is 5.32 Å². The van der Waals surface area contributed by atoms with Crippen molar-refractivity contribution in [3.63, 3.8) is 0 Å². The maximum Gasteiger partial charge on any atom is 0.182 e. The molecular weight excluding hydrogens is 324 g/mol. The third-order valence-electron chi connectivity index (χ3n) is 4.05. The molecular formula is C20H14N6. The minimum absolute atomic E-state index is 0.512. The van der Waals surface area contributed by atoms with E-state index in [1.807, 2.05) is 43.4 Å². The summed E-state index contributed by atoms with van der Waals surface area (Å²) in [5.41, 5.74) is 3.99. The summed E-state index contributed by atoms with van der Waals surface area (Å²) in [6.07, 6.45) is 4.87. The maximum absolute atomic E-state index is 9.12. The van der Waals surface area contributed by atoms with Crippen molar-refractivity contribution in [3.05, 3.63) is 66.6 Å². The molecule has 124 valence electrons. The molecule has 0 saturated heterocycles. The lowest BCUT2D eigenvalue weighted by molar-refractivity contribution is 1.13. The molecule has 0 aliphatic carbocycles. The molecule has 0 bridgehead atoms. The third-order valence-corrected chi connectivity index (χ3v) is 4.05. The van der Waals surface area contributed by atoms with E-state index < -0.39 is 0 Å². The lowest BCUT2D eigenvalue weighted by Gasteiger charge is -2.09. The summed E-state index contributed by atoms with van der Waals surface area (Å²) in [6.45, 7) is 0. The van der Waals surface area contributed by atoms with Crippen LogP contribution in [0.3, 0.4) is 0 Å². The first-order valence-electron chi connectivity index (χ1n) is 8.05. The first-order valence-corrected chi connectivity index (χ1v) is 8.05. The smallest absolute Gasteiger partial charge is 0.182 e. The Morgan fingerprint density at radius 1 is 1.00 bits per heavy atom. The molecule has 2 aromatic carbocycles. The van der Waals surface area contributed by atoms with E-state index in [0.29, 0.717) is 17.1 Å². The number of fused-ring (bicyclic) bond motifs is 1. The molecule has 2 aromatic heterocycles. The van der Waals surface area contributed by atoms with Crippen LogP contribution in [0.25, 0.3) is 33.5 Å². The van der Waals surface area contributed by atoms with Crippen LogP contribution in [-0.4, -0.2) is 27.0 Å². The van der Waals surface area contributed by atoms with Gasteiger partial charge in [0.15, 0.2) is 5.82 Å². The van der Waals surface area contributed by atoms with Crippen molar-refractivity contribution >= 4 is 16.7 Å². The second-order valence-electron chi connectivity index (χ2n) is 5.66. The molecule has 2 heterocycles. The molecule has 0 unspecified atom stereocenters. The summed E-state index contributed by atoms with van der Waals surface area (Å²) in [7, 11) is 1.83. The summed E-state index contributed by atoms with van der Waals surface area (Å²) >= 11 is 0. The van der Waals surface area contributed by atoms with Crippen molar-refractivity contribution in [2.45, 2.75) is 0 Å².